The van der Waals surface area contributed by atoms with Crippen LogP contribution in [0.2, 0.25) is 0 Å². The highest BCUT2D eigenvalue weighted by Crippen LogP contribution is 2.28. The SMILES string of the molecule is COc1nn(C)cc1C(=O)NC[C@H](c1cn(C)c2ccccc12)N(C)C. The molecule has 0 fully saturated rings. The second-order valence-electron chi connectivity index (χ2n) is 6.63. The first-order chi connectivity index (χ1) is 12.4. The summed E-state index contributed by atoms with van der Waals surface area (Å²) in [4.78, 5) is 14.7. The third-order valence-corrected chi connectivity index (χ3v) is 4.60. The maximum atomic E-state index is 12.6. The summed E-state index contributed by atoms with van der Waals surface area (Å²) in [5.74, 6) is 0.138. The Balaban J connectivity index is 1.84. The molecule has 7 heteroatoms. The van der Waals surface area contributed by atoms with Gasteiger partial charge in [-0.25, -0.2) is 0 Å². The Bertz CT molecular complexity index is 925. The molecule has 0 saturated heterocycles. The van der Waals surface area contributed by atoms with E-state index in [0.717, 1.165) is 0 Å². The van der Waals surface area contributed by atoms with Gasteiger partial charge in [-0.05, 0) is 25.7 Å². The number of ether oxygens (including phenoxy) is 1. The molecule has 0 unspecified atom stereocenters. The molecule has 0 spiro atoms. The molecule has 0 bridgehead atoms. The highest BCUT2D eigenvalue weighted by atomic mass is 16.5. The number of fused-ring (bicyclic) bond motifs is 1. The number of methoxy groups -OCH3 is 1. The van der Waals surface area contributed by atoms with Crippen LogP contribution in [0.25, 0.3) is 10.9 Å². The summed E-state index contributed by atoms with van der Waals surface area (Å²) in [6.45, 7) is 0.484. The fourth-order valence-corrected chi connectivity index (χ4v) is 3.27. The van der Waals surface area contributed by atoms with Crippen molar-refractivity contribution in [2.45, 2.75) is 6.04 Å². The molecule has 1 amide bonds. The topological polar surface area (TPSA) is 64.3 Å². The molecule has 0 saturated carbocycles. The van der Waals surface area contributed by atoms with E-state index in [4.69, 9.17) is 4.74 Å². The van der Waals surface area contributed by atoms with Gasteiger partial charge < -0.3 is 19.5 Å². The van der Waals surface area contributed by atoms with Crippen molar-refractivity contribution in [3.05, 3.63) is 47.8 Å². The van der Waals surface area contributed by atoms with Gasteiger partial charge in [0.05, 0.1) is 13.2 Å². The highest BCUT2D eigenvalue weighted by Gasteiger charge is 2.22. The molecule has 2 heterocycles. The molecule has 3 rings (SSSR count). The Morgan fingerprint density at radius 1 is 1.27 bits per heavy atom. The first-order valence-corrected chi connectivity index (χ1v) is 8.48. The number of nitrogens with zero attached hydrogens (tertiary/aromatic N) is 4. The largest absolute Gasteiger partial charge is 0.479 e. The van der Waals surface area contributed by atoms with E-state index in [0.29, 0.717) is 18.0 Å². The zero-order chi connectivity index (χ0) is 18.8. The maximum Gasteiger partial charge on any atom is 0.258 e. The Hall–Kier alpha value is -2.80. The quantitative estimate of drug-likeness (QED) is 0.734. The van der Waals surface area contributed by atoms with E-state index in [2.05, 4.69) is 38.2 Å². The molecule has 1 atom stereocenters. The van der Waals surface area contributed by atoms with Crippen molar-refractivity contribution >= 4 is 16.8 Å². The van der Waals surface area contributed by atoms with Gasteiger partial charge in [0.2, 0.25) is 5.88 Å². The minimum Gasteiger partial charge on any atom is -0.479 e. The molecular weight excluding hydrogens is 330 g/mol. The summed E-state index contributed by atoms with van der Waals surface area (Å²) in [5, 5.41) is 8.35. The van der Waals surface area contributed by atoms with Gasteiger partial charge in [0.25, 0.3) is 5.91 Å². The second-order valence-corrected chi connectivity index (χ2v) is 6.63. The average Bonchev–Trinajstić information content (AvgIpc) is 3.15. The van der Waals surface area contributed by atoms with Crippen LogP contribution in [0.1, 0.15) is 22.0 Å². The van der Waals surface area contributed by atoms with Crippen LogP contribution in [0, 0.1) is 0 Å². The number of carbonyl (C=O) groups excluding carboxylic acids is 1. The normalized spacial score (nSPS) is 12.5. The van der Waals surface area contributed by atoms with E-state index >= 15 is 0 Å². The molecule has 138 valence electrons. The number of benzene rings is 1. The van der Waals surface area contributed by atoms with Crippen LogP contribution in [-0.2, 0) is 14.1 Å². The van der Waals surface area contributed by atoms with Gasteiger partial charge in [-0.2, -0.15) is 0 Å². The van der Waals surface area contributed by atoms with Crippen molar-refractivity contribution in [2.24, 2.45) is 14.1 Å². The standard InChI is InChI=1S/C19H25N5O2/c1-22(2)17(14-11-23(3)16-9-7-6-8-13(14)16)10-20-18(25)15-12-24(4)21-19(15)26-5/h6-9,11-12,17H,10H2,1-5H3,(H,20,25)/t17-/m1/s1. The van der Waals surface area contributed by atoms with Crippen LogP contribution >= 0.6 is 0 Å². The number of hydrogen-bond donors (Lipinski definition) is 1. The molecule has 0 aliphatic rings. The third-order valence-electron chi connectivity index (χ3n) is 4.60. The van der Waals surface area contributed by atoms with E-state index < -0.39 is 0 Å². The van der Waals surface area contributed by atoms with Gasteiger partial charge >= 0.3 is 0 Å². The molecule has 0 aliphatic carbocycles. The van der Waals surface area contributed by atoms with Crippen LogP contribution in [0.3, 0.4) is 0 Å². The van der Waals surface area contributed by atoms with Crippen molar-refractivity contribution in [3.8, 4) is 5.88 Å². The maximum absolute atomic E-state index is 12.6. The lowest BCUT2D eigenvalue weighted by Crippen LogP contribution is -2.34. The predicted molar refractivity (Wildman–Crippen MR) is 101 cm³/mol. The first kappa shape index (κ1) is 18.0. The molecule has 3 aromatic rings. The third kappa shape index (κ3) is 3.30. The molecule has 0 aliphatic heterocycles. The lowest BCUT2D eigenvalue weighted by Gasteiger charge is -2.24. The van der Waals surface area contributed by atoms with E-state index in [9.17, 15) is 4.79 Å². The second kappa shape index (κ2) is 7.21. The van der Waals surface area contributed by atoms with E-state index in [1.807, 2.05) is 33.3 Å². The van der Waals surface area contributed by atoms with Crippen molar-refractivity contribution < 1.29 is 9.53 Å². The Kier molecular flexibility index (Phi) is 4.99. The molecule has 2 aromatic heterocycles. The van der Waals surface area contributed by atoms with Gasteiger partial charge in [-0.15, -0.1) is 5.10 Å². The number of rotatable bonds is 6. The molecule has 1 aromatic carbocycles. The molecule has 1 N–H and O–H groups in total. The summed E-state index contributed by atoms with van der Waals surface area (Å²) in [5.41, 5.74) is 2.80. The van der Waals surface area contributed by atoms with Gasteiger partial charge in [0.1, 0.15) is 5.56 Å². The molecule has 26 heavy (non-hydrogen) atoms. The number of carbonyl (C=O) groups is 1. The summed E-state index contributed by atoms with van der Waals surface area (Å²) in [7, 11) is 9.35. The van der Waals surface area contributed by atoms with E-state index in [-0.39, 0.29) is 11.9 Å². The van der Waals surface area contributed by atoms with Crippen LogP contribution < -0.4 is 10.1 Å². The van der Waals surface area contributed by atoms with E-state index in [1.54, 1.807) is 17.9 Å². The van der Waals surface area contributed by atoms with Crippen LogP contribution in [0.15, 0.2) is 36.7 Å². The smallest absolute Gasteiger partial charge is 0.258 e. The minimum atomic E-state index is -0.193. The predicted octanol–water partition coefficient (Wildman–Crippen LogP) is 1.95. The van der Waals surface area contributed by atoms with Crippen LogP contribution in [0.5, 0.6) is 5.88 Å². The molecule has 7 nitrogen and oxygen atoms in total. The summed E-state index contributed by atoms with van der Waals surface area (Å²) >= 11 is 0. The number of para-hydroxylation sites is 1. The lowest BCUT2D eigenvalue weighted by molar-refractivity contribution is 0.0939. The molecule has 0 radical (unpaired) electrons. The number of likely N-dealkylation sites (N-methyl/N-ethyl adjacent to an activating group) is 1. The first-order valence-electron chi connectivity index (χ1n) is 8.48. The zero-order valence-electron chi connectivity index (χ0n) is 15.9. The molecular formula is C19H25N5O2. The Morgan fingerprint density at radius 3 is 2.69 bits per heavy atom. The van der Waals surface area contributed by atoms with E-state index in [1.165, 1.54) is 23.6 Å². The Morgan fingerprint density at radius 2 is 2.00 bits per heavy atom. The number of hydrogen-bond acceptors (Lipinski definition) is 4. The van der Waals surface area contributed by atoms with Crippen molar-refractivity contribution in [3.63, 3.8) is 0 Å². The lowest BCUT2D eigenvalue weighted by atomic mass is 10.0. The Labute approximate surface area is 153 Å². The van der Waals surface area contributed by atoms with Gasteiger partial charge in [-0.3, -0.25) is 9.48 Å². The average molecular weight is 355 g/mol. The zero-order valence-corrected chi connectivity index (χ0v) is 15.9. The fourth-order valence-electron chi connectivity index (χ4n) is 3.27. The highest BCUT2D eigenvalue weighted by molar-refractivity contribution is 5.96. The van der Waals surface area contributed by atoms with Crippen molar-refractivity contribution in [1.82, 2.24) is 24.6 Å². The number of aromatic nitrogens is 3. The summed E-state index contributed by atoms with van der Waals surface area (Å²) < 4.78 is 8.87. The van der Waals surface area contributed by atoms with Gasteiger partial charge in [0, 0.05) is 43.9 Å². The summed E-state index contributed by atoms with van der Waals surface area (Å²) in [6, 6.07) is 8.34. The van der Waals surface area contributed by atoms with Crippen LogP contribution in [-0.4, -0.2) is 52.9 Å². The van der Waals surface area contributed by atoms with Crippen molar-refractivity contribution in [2.75, 3.05) is 27.7 Å². The summed E-state index contributed by atoms with van der Waals surface area (Å²) in [6.07, 6.45) is 3.79. The number of nitrogens with one attached hydrogen (secondary N) is 1. The van der Waals surface area contributed by atoms with Crippen LogP contribution in [0.4, 0.5) is 0 Å². The van der Waals surface area contributed by atoms with Crippen molar-refractivity contribution in [1.29, 1.82) is 0 Å². The fraction of sp³-hybridized carbons (Fsp3) is 0.368. The monoisotopic (exact) mass is 355 g/mol. The minimum absolute atomic E-state index is 0.0488. The number of aryl methyl sites for hydroxylation is 2. The number of amides is 1. The van der Waals surface area contributed by atoms with Gasteiger partial charge in [0.15, 0.2) is 0 Å². The van der Waals surface area contributed by atoms with Gasteiger partial charge in [-0.1, -0.05) is 18.2 Å².